The number of carbonyl (C=O) groups is 1. The molecule has 0 heterocycles. The minimum Gasteiger partial charge on any atom is -0.495 e. The zero-order chi connectivity index (χ0) is 13.8. The number of rotatable bonds is 6. The van der Waals surface area contributed by atoms with E-state index in [9.17, 15) is 4.79 Å². The van der Waals surface area contributed by atoms with E-state index in [-0.39, 0.29) is 5.78 Å². The van der Waals surface area contributed by atoms with Crippen molar-refractivity contribution in [2.24, 2.45) is 5.92 Å². The Morgan fingerprint density at radius 3 is 2.74 bits per heavy atom. The van der Waals surface area contributed by atoms with Crippen LogP contribution in [-0.4, -0.2) is 37.9 Å². The topological polar surface area (TPSA) is 29.5 Å². The van der Waals surface area contributed by atoms with Gasteiger partial charge in [-0.1, -0.05) is 18.0 Å². The van der Waals surface area contributed by atoms with E-state index in [0.29, 0.717) is 22.9 Å². The van der Waals surface area contributed by atoms with Crippen LogP contribution in [0.25, 0.3) is 0 Å². The van der Waals surface area contributed by atoms with Crippen molar-refractivity contribution in [3.63, 3.8) is 0 Å². The normalized spacial score (nSPS) is 15.4. The van der Waals surface area contributed by atoms with Crippen LogP contribution < -0.4 is 4.74 Å². The van der Waals surface area contributed by atoms with Crippen LogP contribution in [0, 0.1) is 5.92 Å². The third-order valence-electron chi connectivity index (χ3n) is 3.68. The Morgan fingerprint density at radius 2 is 2.21 bits per heavy atom. The number of ketones is 1. The van der Waals surface area contributed by atoms with E-state index >= 15 is 0 Å². The van der Waals surface area contributed by atoms with E-state index in [2.05, 4.69) is 4.90 Å². The zero-order valence-corrected chi connectivity index (χ0v) is 12.2. The molecule has 0 bridgehead atoms. The van der Waals surface area contributed by atoms with Gasteiger partial charge >= 0.3 is 0 Å². The summed E-state index contributed by atoms with van der Waals surface area (Å²) in [5.74, 6) is 1.48. The van der Waals surface area contributed by atoms with Gasteiger partial charge in [0.1, 0.15) is 5.75 Å². The molecule has 104 valence electrons. The van der Waals surface area contributed by atoms with Crippen LogP contribution in [0.2, 0.25) is 5.02 Å². The molecular weight excluding hydrogens is 262 g/mol. The summed E-state index contributed by atoms with van der Waals surface area (Å²) in [4.78, 5) is 14.3. The number of halogens is 1. The van der Waals surface area contributed by atoms with Crippen LogP contribution in [0.15, 0.2) is 18.2 Å². The van der Waals surface area contributed by atoms with Crippen LogP contribution in [-0.2, 0) is 0 Å². The Kier molecular flexibility index (Phi) is 4.83. The molecule has 1 aliphatic rings. The summed E-state index contributed by atoms with van der Waals surface area (Å²) < 4.78 is 5.08. The third kappa shape index (κ3) is 3.71. The van der Waals surface area contributed by atoms with Gasteiger partial charge in [0.05, 0.1) is 18.7 Å². The van der Waals surface area contributed by atoms with Crippen molar-refractivity contribution in [2.45, 2.75) is 19.3 Å². The molecule has 0 amide bonds. The van der Waals surface area contributed by atoms with Gasteiger partial charge in [-0.05, 0) is 44.0 Å². The highest BCUT2D eigenvalue weighted by Crippen LogP contribution is 2.27. The van der Waals surface area contributed by atoms with Crippen LogP contribution in [0.1, 0.15) is 29.6 Å². The monoisotopic (exact) mass is 281 g/mol. The van der Waals surface area contributed by atoms with Crippen molar-refractivity contribution in [3.8, 4) is 5.75 Å². The Bertz CT molecular complexity index is 457. The fourth-order valence-electron chi connectivity index (χ4n) is 2.36. The van der Waals surface area contributed by atoms with Gasteiger partial charge in [-0.25, -0.2) is 0 Å². The standard InChI is InChI=1S/C15H20ClNO2/c1-17(9-11-4-3-5-11)10-14(18)12-6-7-15(19-2)13(16)8-12/h6-8,11H,3-5,9-10H2,1-2H3. The van der Waals surface area contributed by atoms with E-state index in [1.807, 2.05) is 7.05 Å². The maximum absolute atomic E-state index is 12.2. The molecule has 4 heteroatoms. The Labute approximate surface area is 119 Å². The van der Waals surface area contributed by atoms with E-state index in [0.717, 1.165) is 12.5 Å². The minimum absolute atomic E-state index is 0.103. The Balaban J connectivity index is 1.93. The number of methoxy groups -OCH3 is 1. The highest BCUT2D eigenvalue weighted by atomic mass is 35.5. The van der Waals surface area contributed by atoms with Gasteiger partial charge in [0.25, 0.3) is 0 Å². The van der Waals surface area contributed by atoms with Crippen LogP contribution in [0.4, 0.5) is 0 Å². The highest BCUT2D eigenvalue weighted by Gasteiger charge is 2.20. The van der Waals surface area contributed by atoms with Crippen molar-refractivity contribution in [2.75, 3.05) is 27.2 Å². The summed E-state index contributed by atoms with van der Waals surface area (Å²) in [5, 5.41) is 0.481. The lowest BCUT2D eigenvalue weighted by Crippen LogP contribution is -2.33. The van der Waals surface area contributed by atoms with Crippen molar-refractivity contribution < 1.29 is 9.53 Å². The number of hydrogen-bond donors (Lipinski definition) is 0. The molecule has 1 aromatic rings. The van der Waals surface area contributed by atoms with Gasteiger partial charge in [-0.15, -0.1) is 0 Å². The molecule has 0 unspecified atom stereocenters. The molecule has 0 spiro atoms. The first kappa shape index (κ1) is 14.4. The Hall–Kier alpha value is -1.06. The summed E-state index contributed by atoms with van der Waals surface area (Å²) in [5.41, 5.74) is 0.645. The summed E-state index contributed by atoms with van der Waals surface area (Å²) in [7, 11) is 3.57. The van der Waals surface area contributed by atoms with Crippen molar-refractivity contribution >= 4 is 17.4 Å². The molecule has 1 aromatic carbocycles. The number of carbonyl (C=O) groups excluding carboxylic acids is 1. The van der Waals surface area contributed by atoms with Crippen LogP contribution in [0.3, 0.4) is 0 Å². The Morgan fingerprint density at radius 1 is 1.47 bits per heavy atom. The van der Waals surface area contributed by atoms with Crippen LogP contribution in [0.5, 0.6) is 5.75 Å². The molecule has 2 rings (SSSR count). The number of ether oxygens (including phenoxy) is 1. The van der Waals surface area contributed by atoms with Crippen LogP contribution >= 0.6 is 11.6 Å². The van der Waals surface area contributed by atoms with Gasteiger partial charge in [0.2, 0.25) is 0 Å². The highest BCUT2D eigenvalue weighted by molar-refractivity contribution is 6.32. The van der Waals surface area contributed by atoms with E-state index in [1.54, 1.807) is 25.3 Å². The third-order valence-corrected chi connectivity index (χ3v) is 3.98. The maximum Gasteiger partial charge on any atom is 0.176 e. The molecule has 0 atom stereocenters. The molecule has 0 aliphatic heterocycles. The molecule has 3 nitrogen and oxygen atoms in total. The first-order valence-electron chi connectivity index (χ1n) is 6.65. The summed E-state index contributed by atoms with van der Waals surface area (Å²) >= 11 is 6.04. The first-order valence-corrected chi connectivity index (χ1v) is 7.03. The van der Waals surface area contributed by atoms with E-state index < -0.39 is 0 Å². The SMILES string of the molecule is COc1ccc(C(=O)CN(C)CC2CCC2)cc1Cl. The molecule has 0 N–H and O–H groups in total. The van der Waals surface area contributed by atoms with Crippen molar-refractivity contribution in [1.29, 1.82) is 0 Å². The molecule has 0 saturated heterocycles. The number of Topliss-reactive ketones (excluding diaryl/α,β-unsaturated/α-hetero) is 1. The van der Waals surface area contributed by atoms with Crippen molar-refractivity contribution in [1.82, 2.24) is 4.90 Å². The fourth-order valence-corrected chi connectivity index (χ4v) is 2.61. The predicted molar refractivity (Wildman–Crippen MR) is 77.2 cm³/mol. The zero-order valence-electron chi connectivity index (χ0n) is 11.5. The smallest absolute Gasteiger partial charge is 0.176 e. The molecule has 0 aromatic heterocycles. The lowest BCUT2D eigenvalue weighted by atomic mass is 9.85. The van der Waals surface area contributed by atoms with Gasteiger partial charge < -0.3 is 4.74 Å². The van der Waals surface area contributed by atoms with E-state index in [4.69, 9.17) is 16.3 Å². The molecular formula is C15H20ClNO2. The second kappa shape index (κ2) is 6.40. The fraction of sp³-hybridized carbons (Fsp3) is 0.533. The average Bonchev–Trinajstić information content (AvgIpc) is 2.33. The van der Waals surface area contributed by atoms with Gasteiger partial charge in [0.15, 0.2) is 5.78 Å². The lowest BCUT2D eigenvalue weighted by molar-refractivity contribution is 0.0925. The lowest BCUT2D eigenvalue weighted by Gasteiger charge is -2.29. The molecule has 1 aliphatic carbocycles. The summed E-state index contributed by atoms with van der Waals surface area (Å²) in [6.45, 7) is 1.45. The number of likely N-dealkylation sites (N-methyl/N-ethyl adjacent to an activating group) is 1. The van der Waals surface area contributed by atoms with Crippen molar-refractivity contribution in [3.05, 3.63) is 28.8 Å². The minimum atomic E-state index is 0.103. The quantitative estimate of drug-likeness (QED) is 0.750. The summed E-state index contributed by atoms with van der Waals surface area (Å²) in [6.07, 6.45) is 3.93. The number of hydrogen-bond acceptors (Lipinski definition) is 3. The largest absolute Gasteiger partial charge is 0.495 e. The summed E-state index contributed by atoms with van der Waals surface area (Å²) in [6, 6.07) is 5.19. The predicted octanol–water partition coefficient (Wildman–Crippen LogP) is 3.26. The molecule has 1 fully saturated rings. The molecule has 1 saturated carbocycles. The number of nitrogens with zero attached hydrogens (tertiary/aromatic N) is 1. The maximum atomic E-state index is 12.2. The van der Waals surface area contributed by atoms with Gasteiger partial charge in [-0.2, -0.15) is 0 Å². The van der Waals surface area contributed by atoms with Gasteiger partial charge in [-0.3, -0.25) is 9.69 Å². The second-order valence-electron chi connectivity index (χ2n) is 5.27. The second-order valence-corrected chi connectivity index (χ2v) is 5.67. The molecule has 0 radical (unpaired) electrons. The first-order chi connectivity index (χ1) is 9.10. The van der Waals surface area contributed by atoms with Gasteiger partial charge in [0, 0.05) is 12.1 Å². The van der Waals surface area contributed by atoms with E-state index in [1.165, 1.54) is 19.3 Å². The molecule has 19 heavy (non-hydrogen) atoms. The number of benzene rings is 1. The average molecular weight is 282 g/mol.